The molecule has 0 aliphatic rings. The molecule has 1 N–H and O–H groups in total. The molecule has 0 saturated heterocycles. The molecule has 0 radical (unpaired) electrons. The second-order valence-corrected chi connectivity index (χ2v) is 6.78. The van der Waals surface area contributed by atoms with Gasteiger partial charge < -0.3 is 14.6 Å². The van der Waals surface area contributed by atoms with Gasteiger partial charge in [-0.05, 0) is 53.9 Å². The zero-order chi connectivity index (χ0) is 21.1. The van der Waals surface area contributed by atoms with Crippen LogP contribution in [0.3, 0.4) is 0 Å². The van der Waals surface area contributed by atoms with Crippen molar-refractivity contribution in [2.45, 2.75) is 6.54 Å². The number of ether oxygens (including phenoxy) is 1. The van der Waals surface area contributed by atoms with Crippen LogP contribution in [0.5, 0.6) is 5.75 Å². The summed E-state index contributed by atoms with van der Waals surface area (Å²) in [5.74, 6) is -0.528. The van der Waals surface area contributed by atoms with Crippen molar-refractivity contribution in [2.24, 2.45) is 0 Å². The highest BCUT2D eigenvalue weighted by atomic mass is 19.1. The van der Waals surface area contributed by atoms with E-state index < -0.39 is 11.7 Å². The van der Waals surface area contributed by atoms with Crippen molar-refractivity contribution in [3.63, 3.8) is 0 Å². The maximum absolute atomic E-state index is 14.3. The minimum atomic E-state index is -0.617. The number of hydrogen-bond donors (Lipinski definition) is 1. The number of anilines is 1. The Morgan fingerprint density at radius 3 is 2.43 bits per heavy atom. The summed E-state index contributed by atoms with van der Waals surface area (Å²) < 4.78 is 19.5. The Morgan fingerprint density at radius 1 is 1.00 bits per heavy atom. The molecule has 6 heteroatoms. The second kappa shape index (κ2) is 8.21. The van der Waals surface area contributed by atoms with Crippen LogP contribution in [0.15, 0.2) is 83.7 Å². The van der Waals surface area contributed by atoms with Gasteiger partial charge in [0.25, 0.3) is 11.5 Å². The lowest BCUT2D eigenvalue weighted by Crippen LogP contribution is -2.33. The van der Waals surface area contributed by atoms with E-state index in [2.05, 4.69) is 4.98 Å². The fraction of sp³-hybridized carbons (Fsp3) is 0.0833. The van der Waals surface area contributed by atoms with Crippen LogP contribution in [0.25, 0.3) is 10.9 Å². The Bertz CT molecular complexity index is 1270. The first-order valence-electron chi connectivity index (χ1n) is 9.38. The molecule has 4 rings (SSSR count). The SMILES string of the molecule is COc1ccc(N(Cc2cc3ccccc3[nH]c2=O)C(=O)c2ccccc2F)cc1. The maximum Gasteiger partial charge on any atom is 0.261 e. The molecule has 0 spiro atoms. The van der Waals surface area contributed by atoms with Gasteiger partial charge in [0.05, 0.1) is 19.2 Å². The quantitative estimate of drug-likeness (QED) is 0.534. The molecule has 5 nitrogen and oxygen atoms in total. The third kappa shape index (κ3) is 3.80. The molecule has 4 aromatic rings. The first kappa shape index (κ1) is 19.4. The van der Waals surface area contributed by atoms with Gasteiger partial charge in [-0.1, -0.05) is 30.3 Å². The van der Waals surface area contributed by atoms with Crippen LogP contribution in [0.1, 0.15) is 15.9 Å². The number of para-hydroxylation sites is 1. The van der Waals surface area contributed by atoms with E-state index in [0.717, 1.165) is 5.39 Å². The second-order valence-electron chi connectivity index (χ2n) is 6.78. The van der Waals surface area contributed by atoms with E-state index in [9.17, 15) is 14.0 Å². The molecular weight excluding hydrogens is 383 g/mol. The predicted molar refractivity (Wildman–Crippen MR) is 114 cm³/mol. The van der Waals surface area contributed by atoms with E-state index >= 15 is 0 Å². The molecule has 150 valence electrons. The molecule has 0 aliphatic carbocycles. The summed E-state index contributed by atoms with van der Waals surface area (Å²) in [5, 5.41) is 0.847. The van der Waals surface area contributed by atoms with Crippen molar-refractivity contribution in [3.8, 4) is 5.75 Å². The lowest BCUT2D eigenvalue weighted by atomic mass is 10.1. The Kier molecular flexibility index (Phi) is 5.30. The van der Waals surface area contributed by atoms with Gasteiger partial charge in [-0.3, -0.25) is 9.59 Å². The van der Waals surface area contributed by atoms with Crippen LogP contribution < -0.4 is 15.2 Å². The van der Waals surface area contributed by atoms with Gasteiger partial charge in [0, 0.05) is 16.8 Å². The van der Waals surface area contributed by atoms with Crippen LogP contribution >= 0.6 is 0 Å². The van der Waals surface area contributed by atoms with Gasteiger partial charge in [-0.15, -0.1) is 0 Å². The van der Waals surface area contributed by atoms with Crippen molar-refractivity contribution in [2.75, 3.05) is 12.0 Å². The molecule has 30 heavy (non-hydrogen) atoms. The fourth-order valence-electron chi connectivity index (χ4n) is 3.30. The number of halogens is 1. The first-order valence-corrected chi connectivity index (χ1v) is 9.38. The summed E-state index contributed by atoms with van der Waals surface area (Å²) in [5.41, 5.74) is 1.27. The minimum absolute atomic E-state index is 0.0142. The number of nitrogens with one attached hydrogen (secondary N) is 1. The number of pyridine rings is 1. The van der Waals surface area contributed by atoms with Crippen LogP contribution in [-0.2, 0) is 6.54 Å². The number of H-pyrrole nitrogens is 1. The molecule has 1 heterocycles. The number of carbonyl (C=O) groups excluding carboxylic acids is 1. The Hall–Kier alpha value is -3.93. The molecule has 3 aromatic carbocycles. The number of aromatic nitrogens is 1. The normalized spacial score (nSPS) is 10.7. The molecule has 0 saturated carbocycles. The van der Waals surface area contributed by atoms with Crippen LogP contribution in [0.4, 0.5) is 10.1 Å². The molecule has 1 amide bonds. The van der Waals surface area contributed by atoms with E-state index in [0.29, 0.717) is 22.5 Å². The van der Waals surface area contributed by atoms with Crippen molar-refractivity contribution in [3.05, 3.63) is 106 Å². The van der Waals surface area contributed by atoms with E-state index in [1.54, 1.807) is 43.5 Å². The largest absolute Gasteiger partial charge is 0.497 e. The molecule has 0 fully saturated rings. The highest BCUT2D eigenvalue weighted by molar-refractivity contribution is 6.06. The smallest absolute Gasteiger partial charge is 0.261 e. The van der Waals surface area contributed by atoms with Gasteiger partial charge in [0.2, 0.25) is 0 Å². The van der Waals surface area contributed by atoms with Crippen molar-refractivity contribution in [1.29, 1.82) is 0 Å². The summed E-state index contributed by atoms with van der Waals surface area (Å²) in [6.07, 6.45) is 0. The third-order valence-electron chi connectivity index (χ3n) is 4.89. The fourth-order valence-corrected chi connectivity index (χ4v) is 3.30. The van der Waals surface area contributed by atoms with Gasteiger partial charge in [-0.25, -0.2) is 4.39 Å². The standard InChI is InChI=1S/C24H19FN2O3/c1-30-19-12-10-18(11-13-19)27(24(29)20-7-3-4-8-21(20)25)15-17-14-16-6-2-5-9-22(16)26-23(17)28/h2-14H,15H2,1H3,(H,26,28). The highest BCUT2D eigenvalue weighted by Gasteiger charge is 2.22. The van der Waals surface area contributed by atoms with Crippen molar-refractivity contribution >= 4 is 22.5 Å². The Labute approximate surface area is 172 Å². The van der Waals surface area contributed by atoms with Crippen molar-refractivity contribution in [1.82, 2.24) is 4.98 Å². The molecular formula is C24H19FN2O3. The topological polar surface area (TPSA) is 62.4 Å². The van der Waals surface area contributed by atoms with Gasteiger partial charge >= 0.3 is 0 Å². The number of amides is 1. The molecule has 0 unspecified atom stereocenters. The zero-order valence-corrected chi connectivity index (χ0v) is 16.3. The number of nitrogens with zero attached hydrogens (tertiary/aromatic N) is 1. The minimum Gasteiger partial charge on any atom is -0.497 e. The van der Waals surface area contributed by atoms with E-state index in [4.69, 9.17) is 4.74 Å². The van der Waals surface area contributed by atoms with E-state index in [-0.39, 0.29) is 17.7 Å². The number of benzene rings is 3. The number of hydrogen-bond acceptors (Lipinski definition) is 3. The van der Waals surface area contributed by atoms with Gasteiger partial charge in [-0.2, -0.15) is 0 Å². The predicted octanol–water partition coefficient (Wildman–Crippen LogP) is 4.52. The van der Waals surface area contributed by atoms with E-state index in [1.165, 1.54) is 23.1 Å². The Morgan fingerprint density at radius 2 is 1.70 bits per heavy atom. The van der Waals surface area contributed by atoms with E-state index in [1.807, 2.05) is 24.3 Å². The zero-order valence-electron chi connectivity index (χ0n) is 16.3. The highest BCUT2D eigenvalue weighted by Crippen LogP contribution is 2.24. The summed E-state index contributed by atoms with van der Waals surface area (Å²) in [6.45, 7) is -0.0142. The number of methoxy groups -OCH3 is 1. The first-order chi connectivity index (χ1) is 14.6. The van der Waals surface area contributed by atoms with Crippen LogP contribution in [0.2, 0.25) is 0 Å². The average molecular weight is 402 g/mol. The summed E-state index contributed by atoms with van der Waals surface area (Å²) in [4.78, 5) is 30.1. The lowest BCUT2D eigenvalue weighted by Gasteiger charge is -2.23. The number of fused-ring (bicyclic) bond motifs is 1. The number of aromatic amines is 1. The van der Waals surface area contributed by atoms with Gasteiger partial charge in [0.15, 0.2) is 0 Å². The lowest BCUT2D eigenvalue weighted by molar-refractivity contribution is 0.0981. The molecule has 0 atom stereocenters. The maximum atomic E-state index is 14.3. The average Bonchev–Trinajstić information content (AvgIpc) is 2.77. The van der Waals surface area contributed by atoms with Crippen LogP contribution in [-0.4, -0.2) is 18.0 Å². The number of carbonyl (C=O) groups is 1. The molecule has 1 aromatic heterocycles. The monoisotopic (exact) mass is 402 g/mol. The van der Waals surface area contributed by atoms with Gasteiger partial charge in [0.1, 0.15) is 11.6 Å². The third-order valence-corrected chi connectivity index (χ3v) is 4.89. The molecule has 0 aliphatic heterocycles. The van der Waals surface area contributed by atoms with Crippen LogP contribution in [0, 0.1) is 5.82 Å². The van der Waals surface area contributed by atoms with Crippen molar-refractivity contribution < 1.29 is 13.9 Å². The summed E-state index contributed by atoms with van der Waals surface area (Å²) in [7, 11) is 1.55. The summed E-state index contributed by atoms with van der Waals surface area (Å²) >= 11 is 0. The number of rotatable bonds is 5. The Balaban J connectivity index is 1.79. The molecule has 0 bridgehead atoms. The summed E-state index contributed by atoms with van der Waals surface area (Å²) in [6, 6.07) is 21.8.